The van der Waals surface area contributed by atoms with Gasteiger partial charge in [-0.05, 0) is 24.2 Å². The Morgan fingerprint density at radius 1 is 1.33 bits per heavy atom. The highest BCUT2D eigenvalue weighted by Crippen LogP contribution is 2.43. The fourth-order valence-electron chi connectivity index (χ4n) is 2.64. The Morgan fingerprint density at radius 2 is 1.95 bits per heavy atom. The maximum Gasteiger partial charge on any atom is 0.317 e. The van der Waals surface area contributed by atoms with E-state index in [1.165, 1.54) is 4.90 Å². The zero-order valence-electron chi connectivity index (χ0n) is 12.7. The first kappa shape index (κ1) is 17.3. The van der Waals surface area contributed by atoms with Gasteiger partial charge in [0, 0.05) is 13.1 Å². The molecule has 120 valence electrons. The fraction of sp³-hybridized carbons (Fsp3) is 0.786. The molecule has 0 bridgehead atoms. The summed E-state index contributed by atoms with van der Waals surface area (Å²) < 4.78 is 0. The number of rotatable bonds is 8. The maximum absolute atomic E-state index is 12.1. The molecular weight excluding hydrogens is 274 g/mol. The van der Waals surface area contributed by atoms with Crippen LogP contribution in [0.4, 0.5) is 4.79 Å². The Morgan fingerprint density at radius 3 is 2.33 bits per heavy atom. The first-order valence-electron chi connectivity index (χ1n) is 7.27. The SMILES string of the molecule is CC(C)CN(CC(N)=O)C(=O)NCC1(CC(=O)O)CCC1. The predicted octanol–water partition coefficient (Wildman–Crippen LogP) is 0.784. The molecule has 1 fully saturated rings. The number of primary amides is 1. The van der Waals surface area contributed by atoms with Crippen molar-refractivity contribution in [2.45, 2.75) is 39.5 Å². The summed E-state index contributed by atoms with van der Waals surface area (Å²) in [6, 6.07) is -0.362. The molecule has 0 aromatic heterocycles. The van der Waals surface area contributed by atoms with Crippen molar-refractivity contribution in [2.75, 3.05) is 19.6 Å². The third-order valence-corrected chi connectivity index (χ3v) is 3.77. The number of nitrogens with zero attached hydrogens (tertiary/aromatic N) is 1. The van der Waals surface area contributed by atoms with Gasteiger partial charge >= 0.3 is 12.0 Å². The summed E-state index contributed by atoms with van der Waals surface area (Å²) in [7, 11) is 0. The molecule has 0 aromatic carbocycles. The van der Waals surface area contributed by atoms with Gasteiger partial charge in [-0.1, -0.05) is 20.3 Å². The summed E-state index contributed by atoms with van der Waals surface area (Å²) in [5.74, 6) is -1.19. The Kier molecular flexibility index (Phi) is 5.99. The molecule has 1 aliphatic rings. The third-order valence-electron chi connectivity index (χ3n) is 3.77. The average molecular weight is 299 g/mol. The standard InChI is InChI=1S/C14H25N3O4/c1-10(2)7-17(8-11(15)18)13(21)16-9-14(4-3-5-14)6-12(19)20/h10H,3-9H2,1-2H3,(H2,15,18)(H,16,21)(H,19,20). The van der Waals surface area contributed by atoms with Gasteiger partial charge < -0.3 is 21.1 Å². The van der Waals surface area contributed by atoms with Gasteiger partial charge in [0.25, 0.3) is 0 Å². The maximum atomic E-state index is 12.1. The molecule has 3 amide bonds. The Hall–Kier alpha value is -1.79. The van der Waals surface area contributed by atoms with E-state index in [-0.39, 0.29) is 30.3 Å². The molecule has 0 heterocycles. The number of hydrogen-bond donors (Lipinski definition) is 3. The number of carbonyl (C=O) groups is 3. The van der Waals surface area contributed by atoms with E-state index in [2.05, 4.69) is 5.32 Å². The van der Waals surface area contributed by atoms with Gasteiger partial charge in [-0.25, -0.2) is 4.79 Å². The lowest BCUT2D eigenvalue weighted by Gasteiger charge is -2.41. The van der Waals surface area contributed by atoms with Gasteiger partial charge in [-0.3, -0.25) is 9.59 Å². The van der Waals surface area contributed by atoms with Crippen molar-refractivity contribution in [2.24, 2.45) is 17.1 Å². The number of aliphatic carboxylic acids is 1. The predicted molar refractivity (Wildman–Crippen MR) is 77.5 cm³/mol. The minimum absolute atomic E-state index is 0.0628. The number of carboxylic acid groups (broad SMARTS) is 1. The molecule has 4 N–H and O–H groups in total. The molecule has 1 rings (SSSR count). The van der Waals surface area contributed by atoms with Crippen molar-refractivity contribution in [3.63, 3.8) is 0 Å². The van der Waals surface area contributed by atoms with Gasteiger partial charge in [0.05, 0.1) is 6.42 Å². The lowest BCUT2D eigenvalue weighted by atomic mass is 9.66. The highest BCUT2D eigenvalue weighted by atomic mass is 16.4. The highest BCUT2D eigenvalue weighted by Gasteiger charge is 2.39. The summed E-state index contributed by atoms with van der Waals surface area (Å²) >= 11 is 0. The first-order valence-corrected chi connectivity index (χ1v) is 7.27. The summed E-state index contributed by atoms with van der Waals surface area (Å²) in [5.41, 5.74) is 4.82. The molecule has 0 atom stereocenters. The number of urea groups is 1. The summed E-state index contributed by atoms with van der Waals surface area (Å²) in [4.78, 5) is 35.4. The normalized spacial score (nSPS) is 16.1. The third kappa shape index (κ3) is 5.61. The second kappa shape index (κ2) is 7.28. The van der Waals surface area contributed by atoms with Crippen LogP contribution in [0, 0.1) is 11.3 Å². The lowest BCUT2D eigenvalue weighted by molar-refractivity contribution is -0.141. The molecular formula is C14H25N3O4. The van der Waals surface area contributed by atoms with E-state index in [0.717, 1.165) is 19.3 Å². The Bertz CT molecular complexity index is 405. The van der Waals surface area contributed by atoms with E-state index >= 15 is 0 Å². The molecule has 0 unspecified atom stereocenters. The largest absolute Gasteiger partial charge is 0.481 e. The van der Waals surface area contributed by atoms with E-state index in [0.29, 0.717) is 13.1 Å². The average Bonchev–Trinajstić information content (AvgIpc) is 2.29. The second-order valence-corrected chi connectivity index (χ2v) is 6.32. The van der Waals surface area contributed by atoms with Crippen LogP contribution in [0.25, 0.3) is 0 Å². The van der Waals surface area contributed by atoms with Crippen molar-refractivity contribution in [3.05, 3.63) is 0 Å². The van der Waals surface area contributed by atoms with Gasteiger partial charge in [0.2, 0.25) is 5.91 Å². The molecule has 21 heavy (non-hydrogen) atoms. The molecule has 7 heteroatoms. The summed E-state index contributed by atoms with van der Waals surface area (Å²) in [5, 5.41) is 11.7. The molecule has 0 radical (unpaired) electrons. The monoisotopic (exact) mass is 299 g/mol. The van der Waals surface area contributed by atoms with Crippen LogP contribution >= 0.6 is 0 Å². The van der Waals surface area contributed by atoms with Crippen molar-refractivity contribution in [1.29, 1.82) is 0 Å². The van der Waals surface area contributed by atoms with Crippen LogP contribution in [0.2, 0.25) is 0 Å². The van der Waals surface area contributed by atoms with Crippen LogP contribution < -0.4 is 11.1 Å². The molecule has 7 nitrogen and oxygen atoms in total. The molecule has 1 saturated carbocycles. The van der Waals surface area contributed by atoms with Gasteiger partial charge in [-0.2, -0.15) is 0 Å². The Labute approximate surface area is 124 Å². The van der Waals surface area contributed by atoms with Crippen LogP contribution in [0.15, 0.2) is 0 Å². The minimum Gasteiger partial charge on any atom is -0.481 e. The van der Waals surface area contributed by atoms with Gasteiger partial charge in [-0.15, -0.1) is 0 Å². The molecule has 0 aliphatic heterocycles. The van der Waals surface area contributed by atoms with Crippen LogP contribution in [-0.2, 0) is 9.59 Å². The van der Waals surface area contributed by atoms with Crippen molar-refractivity contribution < 1.29 is 19.5 Å². The van der Waals surface area contributed by atoms with Crippen LogP contribution in [0.5, 0.6) is 0 Å². The number of amides is 3. The quantitative estimate of drug-likeness (QED) is 0.614. The number of carboxylic acids is 1. The molecule has 0 aromatic rings. The zero-order chi connectivity index (χ0) is 16.0. The van der Waals surface area contributed by atoms with Gasteiger partial charge in [0.1, 0.15) is 6.54 Å². The zero-order valence-corrected chi connectivity index (χ0v) is 12.7. The number of nitrogens with one attached hydrogen (secondary N) is 1. The lowest BCUT2D eigenvalue weighted by Crippen LogP contribution is -2.50. The second-order valence-electron chi connectivity index (χ2n) is 6.32. The van der Waals surface area contributed by atoms with Crippen molar-refractivity contribution in [3.8, 4) is 0 Å². The highest BCUT2D eigenvalue weighted by molar-refractivity contribution is 5.83. The van der Waals surface area contributed by atoms with E-state index in [1.54, 1.807) is 0 Å². The topological polar surface area (TPSA) is 113 Å². The first-order chi connectivity index (χ1) is 9.74. The molecule has 0 spiro atoms. The fourth-order valence-corrected chi connectivity index (χ4v) is 2.64. The molecule has 0 saturated heterocycles. The summed E-state index contributed by atoms with van der Waals surface area (Å²) in [6.45, 7) is 4.51. The number of hydrogen-bond acceptors (Lipinski definition) is 3. The van der Waals surface area contributed by atoms with E-state index in [1.807, 2.05) is 13.8 Å². The van der Waals surface area contributed by atoms with E-state index < -0.39 is 11.9 Å². The van der Waals surface area contributed by atoms with E-state index in [9.17, 15) is 14.4 Å². The van der Waals surface area contributed by atoms with Crippen LogP contribution in [0.1, 0.15) is 39.5 Å². The van der Waals surface area contributed by atoms with Crippen molar-refractivity contribution >= 4 is 17.9 Å². The van der Waals surface area contributed by atoms with Crippen molar-refractivity contribution in [1.82, 2.24) is 10.2 Å². The molecule has 1 aliphatic carbocycles. The Balaban J connectivity index is 2.55. The number of nitrogens with two attached hydrogens (primary N) is 1. The van der Waals surface area contributed by atoms with Crippen LogP contribution in [-0.4, -0.2) is 47.5 Å². The number of carbonyl (C=O) groups excluding carboxylic acids is 2. The van der Waals surface area contributed by atoms with Gasteiger partial charge in [0.15, 0.2) is 0 Å². The van der Waals surface area contributed by atoms with E-state index in [4.69, 9.17) is 10.8 Å². The van der Waals surface area contributed by atoms with Crippen LogP contribution in [0.3, 0.4) is 0 Å². The smallest absolute Gasteiger partial charge is 0.317 e. The summed E-state index contributed by atoms with van der Waals surface area (Å²) in [6.07, 6.45) is 2.66. The minimum atomic E-state index is -0.847.